The van der Waals surface area contributed by atoms with E-state index < -0.39 is 28.5 Å². The number of sulfonamides is 1. The zero-order chi connectivity index (χ0) is 25.5. The van der Waals surface area contributed by atoms with Crippen LogP contribution in [0, 0.1) is 0 Å². The second kappa shape index (κ2) is 12.3. The van der Waals surface area contributed by atoms with E-state index in [2.05, 4.69) is 5.32 Å². The predicted molar refractivity (Wildman–Crippen MR) is 135 cm³/mol. The van der Waals surface area contributed by atoms with Gasteiger partial charge in [0.15, 0.2) is 0 Å². The number of amides is 2. The Bertz CT molecular complexity index is 1130. The second-order valence-corrected chi connectivity index (χ2v) is 10.4. The predicted octanol–water partition coefficient (Wildman–Crippen LogP) is 3.71. The van der Waals surface area contributed by atoms with Gasteiger partial charge >= 0.3 is 0 Å². The molecule has 8 nitrogen and oxygen atoms in total. The Hall–Kier alpha value is -2.49. The molecule has 0 fully saturated rings. The van der Waals surface area contributed by atoms with Crippen LogP contribution in [0.15, 0.2) is 42.5 Å². The zero-order valence-electron chi connectivity index (χ0n) is 19.5. The Morgan fingerprint density at radius 2 is 1.85 bits per heavy atom. The monoisotopic (exact) mass is 529 g/mol. The first kappa shape index (κ1) is 27.8. The van der Waals surface area contributed by atoms with Gasteiger partial charge in [0.25, 0.3) is 0 Å². The van der Waals surface area contributed by atoms with Crippen LogP contribution >= 0.6 is 23.2 Å². The molecule has 0 aliphatic carbocycles. The van der Waals surface area contributed by atoms with E-state index in [1.807, 2.05) is 6.92 Å². The maximum atomic E-state index is 13.5. The highest BCUT2D eigenvalue weighted by atomic mass is 35.5. The molecule has 186 valence electrons. The molecular weight excluding hydrogens is 501 g/mol. The highest BCUT2D eigenvalue weighted by molar-refractivity contribution is 7.92. The van der Waals surface area contributed by atoms with Gasteiger partial charge in [-0.1, -0.05) is 42.3 Å². The molecule has 0 radical (unpaired) electrons. The molecule has 1 atom stereocenters. The van der Waals surface area contributed by atoms with Crippen LogP contribution < -0.4 is 14.4 Å². The van der Waals surface area contributed by atoms with Gasteiger partial charge in [0.1, 0.15) is 18.3 Å². The summed E-state index contributed by atoms with van der Waals surface area (Å²) in [7, 11) is -2.37. The van der Waals surface area contributed by atoms with Crippen molar-refractivity contribution in [1.82, 2.24) is 10.2 Å². The Balaban J connectivity index is 2.42. The third-order valence-corrected chi connectivity index (χ3v) is 6.82. The SMILES string of the molecule is CCCNC(=O)C(C)N(Cc1ccc(Cl)cc1Cl)C(=O)CN(c1cccc(OC)c1)S(C)(=O)=O. The smallest absolute Gasteiger partial charge is 0.244 e. The van der Waals surface area contributed by atoms with E-state index in [9.17, 15) is 18.0 Å². The summed E-state index contributed by atoms with van der Waals surface area (Å²) in [4.78, 5) is 27.5. The number of ether oxygens (including phenoxy) is 1. The van der Waals surface area contributed by atoms with E-state index in [-0.39, 0.29) is 18.1 Å². The van der Waals surface area contributed by atoms with Crippen LogP contribution in [-0.4, -0.2) is 57.6 Å². The van der Waals surface area contributed by atoms with Crippen molar-refractivity contribution in [2.45, 2.75) is 32.9 Å². The van der Waals surface area contributed by atoms with Crippen molar-refractivity contribution in [2.75, 3.05) is 30.8 Å². The summed E-state index contributed by atoms with van der Waals surface area (Å²) in [6.07, 6.45) is 1.74. The minimum atomic E-state index is -3.83. The molecule has 2 amide bonds. The Labute approximate surface area is 210 Å². The molecule has 11 heteroatoms. The normalized spacial score (nSPS) is 12.1. The second-order valence-electron chi connectivity index (χ2n) is 7.70. The van der Waals surface area contributed by atoms with Gasteiger partial charge in [-0.05, 0) is 43.2 Å². The summed E-state index contributed by atoms with van der Waals surface area (Å²) < 4.78 is 31.3. The number of benzene rings is 2. The number of nitrogens with one attached hydrogen (secondary N) is 1. The molecule has 0 saturated carbocycles. The van der Waals surface area contributed by atoms with Crippen molar-refractivity contribution in [2.24, 2.45) is 0 Å². The summed E-state index contributed by atoms with van der Waals surface area (Å²) >= 11 is 12.3. The first-order chi connectivity index (χ1) is 16.0. The number of methoxy groups -OCH3 is 1. The van der Waals surface area contributed by atoms with Gasteiger partial charge in [-0.2, -0.15) is 0 Å². The zero-order valence-corrected chi connectivity index (χ0v) is 21.9. The number of nitrogens with zero attached hydrogens (tertiary/aromatic N) is 2. The molecule has 0 aliphatic rings. The van der Waals surface area contributed by atoms with Gasteiger partial charge in [0, 0.05) is 29.2 Å². The topological polar surface area (TPSA) is 96.0 Å². The average Bonchev–Trinajstić information content (AvgIpc) is 2.79. The van der Waals surface area contributed by atoms with Crippen molar-refractivity contribution in [3.63, 3.8) is 0 Å². The van der Waals surface area contributed by atoms with Crippen LogP contribution in [0.3, 0.4) is 0 Å². The van der Waals surface area contributed by atoms with Gasteiger partial charge in [0.2, 0.25) is 21.8 Å². The number of carbonyl (C=O) groups is 2. The molecule has 0 aliphatic heterocycles. The van der Waals surface area contributed by atoms with E-state index in [1.54, 1.807) is 43.3 Å². The van der Waals surface area contributed by atoms with Crippen LogP contribution in [-0.2, 0) is 26.2 Å². The molecule has 2 aromatic rings. The highest BCUT2D eigenvalue weighted by Gasteiger charge is 2.30. The highest BCUT2D eigenvalue weighted by Crippen LogP contribution is 2.25. The third-order valence-electron chi connectivity index (χ3n) is 5.09. The lowest BCUT2D eigenvalue weighted by Crippen LogP contribution is -2.51. The standard InChI is InChI=1S/C23H29Cl2N3O5S/c1-5-11-26-23(30)16(2)27(14-17-9-10-18(24)12-21(17)25)22(29)15-28(34(4,31)32)19-7-6-8-20(13-19)33-3/h6-10,12-13,16H,5,11,14-15H2,1-4H3,(H,26,30). The molecule has 0 saturated heterocycles. The average molecular weight is 530 g/mol. The molecule has 0 heterocycles. The summed E-state index contributed by atoms with van der Waals surface area (Å²) in [5.41, 5.74) is 0.838. The van der Waals surface area contributed by atoms with E-state index >= 15 is 0 Å². The fourth-order valence-corrected chi connectivity index (χ4v) is 4.50. The van der Waals surface area contributed by atoms with Crippen LogP contribution in [0.25, 0.3) is 0 Å². The Kier molecular flexibility index (Phi) is 10.0. The third kappa shape index (κ3) is 7.51. The van der Waals surface area contributed by atoms with Crippen molar-refractivity contribution >= 4 is 50.7 Å². The number of hydrogen-bond acceptors (Lipinski definition) is 5. The van der Waals surface area contributed by atoms with E-state index in [0.717, 1.165) is 17.0 Å². The summed E-state index contributed by atoms with van der Waals surface area (Å²) in [5, 5.41) is 3.54. The summed E-state index contributed by atoms with van der Waals surface area (Å²) in [6, 6.07) is 10.3. The Morgan fingerprint density at radius 1 is 1.15 bits per heavy atom. The Morgan fingerprint density at radius 3 is 2.44 bits per heavy atom. The largest absolute Gasteiger partial charge is 0.497 e. The van der Waals surface area contributed by atoms with E-state index in [0.29, 0.717) is 27.9 Å². The maximum absolute atomic E-state index is 13.5. The van der Waals surface area contributed by atoms with Gasteiger partial charge in [-0.25, -0.2) is 8.42 Å². The maximum Gasteiger partial charge on any atom is 0.244 e. The fourth-order valence-electron chi connectivity index (χ4n) is 3.19. The van der Waals surface area contributed by atoms with E-state index in [1.165, 1.54) is 18.1 Å². The van der Waals surface area contributed by atoms with Crippen molar-refractivity contribution < 1.29 is 22.7 Å². The number of rotatable bonds is 11. The van der Waals surface area contributed by atoms with Crippen LogP contribution in [0.1, 0.15) is 25.8 Å². The van der Waals surface area contributed by atoms with Crippen LogP contribution in [0.4, 0.5) is 5.69 Å². The minimum absolute atomic E-state index is 0.00867. The molecule has 1 N–H and O–H groups in total. The first-order valence-corrected chi connectivity index (χ1v) is 13.2. The van der Waals surface area contributed by atoms with E-state index in [4.69, 9.17) is 27.9 Å². The fraction of sp³-hybridized carbons (Fsp3) is 0.391. The lowest BCUT2D eigenvalue weighted by molar-refractivity contribution is -0.139. The molecule has 0 bridgehead atoms. The first-order valence-electron chi connectivity index (χ1n) is 10.6. The van der Waals surface area contributed by atoms with Crippen molar-refractivity contribution in [1.29, 1.82) is 0 Å². The molecule has 2 aromatic carbocycles. The number of anilines is 1. The minimum Gasteiger partial charge on any atom is -0.497 e. The number of halogens is 2. The van der Waals surface area contributed by atoms with Gasteiger partial charge in [0.05, 0.1) is 19.1 Å². The summed E-state index contributed by atoms with van der Waals surface area (Å²) in [6.45, 7) is 3.43. The van der Waals surface area contributed by atoms with Crippen molar-refractivity contribution in [3.05, 3.63) is 58.1 Å². The molecule has 2 rings (SSSR count). The number of hydrogen-bond donors (Lipinski definition) is 1. The van der Waals surface area contributed by atoms with Crippen LogP contribution in [0.5, 0.6) is 5.75 Å². The lowest BCUT2D eigenvalue weighted by Gasteiger charge is -2.31. The van der Waals surface area contributed by atoms with Gasteiger partial charge < -0.3 is 15.0 Å². The molecule has 0 spiro atoms. The van der Waals surface area contributed by atoms with Crippen molar-refractivity contribution in [3.8, 4) is 5.75 Å². The molecule has 34 heavy (non-hydrogen) atoms. The molecule has 1 unspecified atom stereocenters. The van der Waals surface area contributed by atoms with Gasteiger partial charge in [-0.3, -0.25) is 13.9 Å². The summed E-state index contributed by atoms with van der Waals surface area (Å²) in [5.74, 6) is -0.485. The lowest BCUT2D eigenvalue weighted by atomic mass is 10.1. The van der Waals surface area contributed by atoms with Crippen LogP contribution in [0.2, 0.25) is 10.0 Å². The quantitative estimate of drug-likeness (QED) is 0.478. The number of carbonyl (C=O) groups excluding carboxylic acids is 2. The molecule has 0 aromatic heterocycles. The molecular formula is C23H29Cl2N3O5S. The van der Waals surface area contributed by atoms with Gasteiger partial charge in [-0.15, -0.1) is 0 Å².